The summed E-state index contributed by atoms with van der Waals surface area (Å²) >= 11 is 0. The van der Waals surface area contributed by atoms with E-state index in [1.165, 1.54) is 12.1 Å². The summed E-state index contributed by atoms with van der Waals surface area (Å²) in [4.78, 5) is 2.12. The van der Waals surface area contributed by atoms with E-state index in [9.17, 15) is 4.39 Å². The van der Waals surface area contributed by atoms with Crippen molar-refractivity contribution in [3.8, 4) is 5.75 Å². The van der Waals surface area contributed by atoms with E-state index in [-0.39, 0.29) is 5.82 Å². The Balaban J connectivity index is 2.26. The van der Waals surface area contributed by atoms with Crippen molar-refractivity contribution in [3.63, 3.8) is 0 Å². The second-order valence-electron chi connectivity index (χ2n) is 3.75. The van der Waals surface area contributed by atoms with Crippen molar-refractivity contribution in [1.82, 2.24) is 5.32 Å². The molecule has 1 unspecified atom stereocenters. The van der Waals surface area contributed by atoms with Crippen LogP contribution in [0.25, 0.3) is 0 Å². The van der Waals surface area contributed by atoms with E-state index in [0.29, 0.717) is 18.4 Å². The lowest BCUT2D eigenvalue weighted by molar-refractivity contribution is 0.263. The number of fused-ring (bicyclic) bond motifs is 1. The number of hydrogen-bond acceptors (Lipinski definition) is 3. The molecular formula is C11H15FN2O. The van der Waals surface area contributed by atoms with Gasteiger partial charge >= 0.3 is 0 Å². The van der Waals surface area contributed by atoms with Crippen LogP contribution in [0.5, 0.6) is 5.75 Å². The smallest absolute Gasteiger partial charge is 0.145 e. The summed E-state index contributed by atoms with van der Waals surface area (Å²) in [6, 6.07) is 4.95. The number of nitrogens with zero attached hydrogens (tertiary/aromatic N) is 1. The van der Waals surface area contributed by atoms with E-state index in [1.807, 2.05) is 14.1 Å². The quantitative estimate of drug-likeness (QED) is 0.795. The van der Waals surface area contributed by atoms with Crippen molar-refractivity contribution < 1.29 is 9.13 Å². The fourth-order valence-corrected chi connectivity index (χ4v) is 1.82. The molecule has 0 aromatic heterocycles. The minimum atomic E-state index is -0.255. The predicted octanol–water partition coefficient (Wildman–Crippen LogP) is 1.24. The van der Waals surface area contributed by atoms with Crippen molar-refractivity contribution in [2.24, 2.45) is 0 Å². The zero-order valence-electron chi connectivity index (χ0n) is 8.96. The van der Waals surface area contributed by atoms with Crippen LogP contribution in [0.4, 0.5) is 10.1 Å². The van der Waals surface area contributed by atoms with Crippen LogP contribution in [0.2, 0.25) is 0 Å². The lowest BCUT2D eigenvalue weighted by Crippen LogP contribution is -2.46. The van der Waals surface area contributed by atoms with E-state index in [0.717, 1.165) is 12.2 Å². The number of halogens is 1. The molecule has 1 aliphatic rings. The Labute approximate surface area is 88.8 Å². The van der Waals surface area contributed by atoms with Crippen molar-refractivity contribution in [3.05, 3.63) is 24.0 Å². The molecule has 1 heterocycles. The first-order chi connectivity index (χ1) is 7.22. The maximum atomic E-state index is 13.0. The minimum absolute atomic E-state index is 0.255. The maximum absolute atomic E-state index is 13.0. The molecule has 1 aromatic rings. The summed E-state index contributed by atoms with van der Waals surface area (Å²) in [7, 11) is 3.91. The summed E-state index contributed by atoms with van der Waals surface area (Å²) in [5.74, 6) is 0.374. The molecule has 4 heteroatoms. The number of likely N-dealkylation sites (N-methyl/N-ethyl adjacent to an activating group) is 2. The second kappa shape index (κ2) is 4.06. The van der Waals surface area contributed by atoms with Crippen LogP contribution in [0.1, 0.15) is 0 Å². The molecule has 0 amide bonds. The van der Waals surface area contributed by atoms with Gasteiger partial charge in [0.1, 0.15) is 18.2 Å². The summed E-state index contributed by atoms with van der Waals surface area (Å²) < 4.78 is 18.5. The Bertz CT molecular complexity index is 356. The largest absolute Gasteiger partial charge is 0.489 e. The fourth-order valence-electron chi connectivity index (χ4n) is 1.82. The number of anilines is 1. The molecule has 0 aliphatic carbocycles. The van der Waals surface area contributed by atoms with Gasteiger partial charge < -0.3 is 15.0 Å². The Kier molecular flexibility index (Phi) is 2.77. The van der Waals surface area contributed by atoms with Crippen molar-refractivity contribution in [2.45, 2.75) is 6.04 Å². The van der Waals surface area contributed by atoms with Gasteiger partial charge in [0.05, 0.1) is 11.7 Å². The van der Waals surface area contributed by atoms with Gasteiger partial charge in [-0.2, -0.15) is 0 Å². The van der Waals surface area contributed by atoms with Crippen molar-refractivity contribution >= 4 is 5.69 Å². The molecule has 2 rings (SSSR count). The van der Waals surface area contributed by atoms with Crippen LogP contribution < -0.4 is 15.0 Å². The molecule has 0 radical (unpaired) electrons. The molecule has 0 saturated heterocycles. The van der Waals surface area contributed by atoms with Crippen LogP contribution in [-0.4, -0.2) is 33.3 Å². The molecule has 1 atom stereocenters. The number of ether oxygens (including phenoxy) is 1. The molecule has 1 aromatic carbocycles. The lowest BCUT2D eigenvalue weighted by atomic mass is 10.1. The highest BCUT2D eigenvalue weighted by Crippen LogP contribution is 2.32. The van der Waals surface area contributed by atoms with Gasteiger partial charge in [0.15, 0.2) is 0 Å². The molecule has 0 saturated carbocycles. The standard InChI is InChI=1S/C11H15FN2O/c1-13-6-9-7-15-11-5-8(12)3-4-10(11)14(9)2/h3-5,9,13H,6-7H2,1-2H3. The van der Waals surface area contributed by atoms with Crippen molar-refractivity contribution in [1.29, 1.82) is 0 Å². The summed E-state index contributed by atoms with van der Waals surface area (Å²) in [6.45, 7) is 1.45. The van der Waals surface area contributed by atoms with Crippen LogP contribution in [-0.2, 0) is 0 Å². The third kappa shape index (κ3) is 1.90. The average molecular weight is 210 g/mol. The number of rotatable bonds is 2. The van der Waals surface area contributed by atoms with Gasteiger partial charge in [0.2, 0.25) is 0 Å². The summed E-state index contributed by atoms with van der Waals surface area (Å²) in [5.41, 5.74) is 0.947. The molecular weight excluding hydrogens is 195 g/mol. The third-order valence-corrected chi connectivity index (χ3v) is 2.72. The first kappa shape index (κ1) is 10.2. The lowest BCUT2D eigenvalue weighted by Gasteiger charge is -2.35. The van der Waals surface area contributed by atoms with E-state index < -0.39 is 0 Å². The Morgan fingerprint density at radius 1 is 1.60 bits per heavy atom. The van der Waals surface area contributed by atoms with Gasteiger partial charge in [-0.05, 0) is 19.2 Å². The SMILES string of the molecule is CNCC1COc2cc(F)ccc2N1C. The topological polar surface area (TPSA) is 24.5 Å². The zero-order chi connectivity index (χ0) is 10.8. The van der Waals surface area contributed by atoms with Gasteiger partial charge in [0.25, 0.3) is 0 Å². The number of nitrogens with one attached hydrogen (secondary N) is 1. The molecule has 82 valence electrons. The molecule has 3 nitrogen and oxygen atoms in total. The number of hydrogen-bond donors (Lipinski definition) is 1. The molecule has 1 aliphatic heterocycles. The zero-order valence-corrected chi connectivity index (χ0v) is 8.96. The maximum Gasteiger partial charge on any atom is 0.145 e. The van der Waals surface area contributed by atoms with Gasteiger partial charge in [-0.25, -0.2) is 4.39 Å². The molecule has 0 bridgehead atoms. The Hall–Kier alpha value is -1.29. The summed E-state index contributed by atoms with van der Waals surface area (Å²) in [6.07, 6.45) is 0. The first-order valence-corrected chi connectivity index (χ1v) is 5.02. The van der Waals surface area contributed by atoms with Gasteiger partial charge in [-0.15, -0.1) is 0 Å². The fraction of sp³-hybridized carbons (Fsp3) is 0.455. The monoisotopic (exact) mass is 210 g/mol. The van der Waals surface area contributed by atoms with Gasteiger partial charge in [0, 0.05) is 19.7 Å². The van der Waals surface area contributed by atoms with Crippen LogP contribution in [0, 0.1) is 5.82 Å². The minimum Gasteiger partial charge on any atom is -0.489 e. The van der Waals surface area contributed by atoms with Crippen LogP contribution in [0.15, 0.2) is 18.2 Å². The highest BCUT2D eigenvalue weighted by Gasteiger charge is 2.24. The van der Waals surface area contributed by atoms with Crippen LogP contribution >= 0.6 is 0 Å². The predicted molar refractivity (Wildman–Crippen MR) is 58.0 cm³/mol. The number of benzene rings is 1. The molecule has 15 heavy (non-hydrogen) atoms. The van der Waals surface area contributed by atoms with Crippen molar-refractivity contribution in [2.75, 3.05) is 32.1 Å². The molecule has 1 N–H and O–H groups in total. The highest BCUT2D eigenvalue weighted by atomic mass is 19.1. The van der Waals surface area contributed by atoms with Gasteiger partial charge in [-0.1, -0.05) is 0 Å². The van der Waals surface area contributed by atoms with E-state index >= 15 is 0 Å². The third-order valence-electron chi connectivity index (χ3n) is 2.72. The molecule has 0 spiro atoms. The molecule has 0 fully saturated rings. The highest BCUT2D eigenvalue weighted by molar-refractivity contribution is 5.60. The summed E-state index contributed by atoms with van der Waals surface area (Å²) in [5, 5.41) is 3.11. The normalized spacial score (nSPS) is 19.7. The van der Waals surface area contributed by atoms with E-state index in [1.54, 1.807) is 6.07 Å². The van der Waals surface area contributed by atoms with E-state index in [4.69, 9.17) is 4.74 Å². The second-order valence-corrected chi connectivity index (χ2v) is 3.75. The van der Waals surface area contributed by atoms with Gasteiger partial charge in [-0.3, -0.25) is 0 Å². The van der Waals surface area contributed by atoms with Crippen LogP contribution in [0.3, 0.4) is 0 Å². The van der Waals surface area contributed by atoms with E-state index in [2.05, 4.69) is 10.2 Å². The Morgan fingerprint density at radius 3 is 3.13 bits per heavy atom. The average Bonchev–Trinajstić information content (AvgIpc) is 2.22. The first-order valence-electron chi connectivity index (χ1n) is 5.02. The Morgan fingerprint density at radius 2 is 2.40 bits per heavy atom.